The summed E-state index contributed by atoms with van der Waals surface area (Å²) in [6.45, 7) is 0. The molecule has 2 rings (SSSR count). The lowest BCUT2D eigenvalue weighted by molar-refractivity contribution is 0.0601. The van der Waals surface area contributed by atoms with Crippen LogP contribution in [0.3, 0.4) is 0 Å². The van der Waals surface area contributed by atoms with E-state index in [-0.39, 0.29) is 26.9 Å². The van der Waals surface area contributed by atoms with Crippen LogP contribution in [0.2, 0.25) is 5.02 Å². The van der Waals surface area contributed by atoms with Crippen LogP contribution >= 0.6 is 11.6 Å². The van der Waals surface area contributed by atoms with Crippen LogP contribution in [0.4, 0.5) is 11.4 Å². The number of anilines is 2. The zero-order chi connectivity index (χ0) is 16.3. The quantitative estimate of drug-likeness (QED) is 0.658. The van der Waals surface area contributed by atoms with Crippen LogP contribution in [0.5, 0.6) is 0 Å². The highest BCUT2D eigenvalue weighted by molar-refractivity contribution is 7.92. The molecule has 0 saturated heterocycles. The van der Waals surface area contributed by atoms with E-state index in [4.69, 9.17) is 17.3 Å². The molecule has 0 aliphatic rings. The molecule has 8 heteroatoms. The van der Waals surface area contributed by atoms with Crippen LogP contribution in [0.15, 0.2) is 47.4 Å². The number of sulfonamides is 1. The molecule has 0 radical (unpaired) electrons. The fourth-order valence-corrected chi connectivity index (χ4v) is 2.93. The molecule has 0 amide bonds. The van der Waals surface area contributed by atoms with Crippen LogP contribution in [0, 0.1) is 0 Å². The number of nitrogen functional groups attached to an aromatic ring is 1. The number of carbonyl (C=O) groups excluding carboxylic acids is 1. The van der Waals surface area contributed by atoms with Gasteiger partial charge in [-0.3, -0.25) is 4.72 Å². The maximum absolute atomic E-state index is 12.3. The predicted molar refractivity (Wildman–Crippen MR) is 84.5 cm³/mol. The molecule has 0 saturated carbocycles. The molecule has 0 heterocycles. The Morgan fingerprint density at radius 3 is 2.59 bits per heavy atom. The number of methoxy groups -OCH3 is 1. The van der Waals surface area contributed by atoms with Crippen LogP contribution in [0.25, 0.3) is 0 Å². The summed E-state index contributed by atoms with van der Waals surface area (Å²) in [7, 11) is -2.60. The van der Waals surface area contributed by atoms with Crippen molar-refractivity contribution in [1.82, 2.24) is 0 Å². The molecule has 116 valence electrons. The summed E-state index contributed by atoms with van der Waals surface area (Å²) in [5, 5.41) is 0.270. The third-order valence-electron chi connectivity index (χ3n) is 2.81. The lowest BCUT2D eigenvalue weighted by atomic mass is 10.2. The summed E-state index contributed by atoms with van der Waals surface area (Å²) >= 11 is 5.77. The van der Waals surface area contributed by atoms with E-state index in [1.165, 1.54) is 43.5 Å². The summed E-state index contributed by atoms with van der Waals surface area (Å²) in [5.74, 6) is -0.559. The van der Waals surface area contributed by atoms with Gasteiger partial charge in [0.25, 0.3) is 10.0 Å². The first kappa shape index (κ1) is 16.1. The van der Waals surface area contributed by atoms with Crippen molar-refractivity contribution in [1.29, 1.82) is 0 Å². The second-order valence-corrected chi connectivity index (χ2v) is 6.45. The minimum absolute atomic E-state index is 0.0297. The minimum atomic E-state index is -3.84. The van der Waals surface area contributed by atoms with Crippen LogP contribution in [-0.2, 0) is 14.8 Å². The van der Waals surface area contributed by atoms with E-state index in [1.807, 2.05) is 0 Å². The molecule has 0 fully saturated rings. The molecule has 0 bridgehead atoms. The third-order valence-corrected chi connectivity index (χ3v) is 4.54. The highest BCUT2D eigenvalue weighted by atomic mass is 35.5. The summed E-state index contributed by atoms with van der Waals surface area (Å²) in [6.07, 6.45) is 0. The summed E-state index contributed by atoms with van der Waals surface area (Å²) in [5.41, 5.74) is 6.23. The van der Waals surface area contributed by atoms with Gasteiger partial charge in [-0.1, -0.05) is 17.7 Å². The monoisotopic (exact) mass is 340 g/mol. The number of hydrogen-bond donors (Lipinski definition) is 2. The van der Waals surface area contributed by atoms with Gasteiger partial charge in [-0.15, -0.1) is 0 Å². The number of benzene rings is 2. The Kier molecular flexibility index (Phi) is 4.58. The van der Waals surface area contributed by atoms with Crippen LogP contribution in [-0.4, -0.2) is 21.5 Å². The lowest BCUT2D eigenvalue weighted by Gasteiger charge is -2.10. The molecule has 0 unspecified atom stereocenters. The fourth-order valence-electron chi connectivity index (χ4n) is 1.73. The van der Waals surface area contributed by atoms with E-state index in [9.17, 15) is 13.2 Å². The molecule has 2 aromatic carbocycles. The predicted octanol–water partition coefficient (Wildman–Crippen LogP) is 2.51. The van der Waals surface area contributed by atoms with E-state index < -0.39 is 16.0 Å². The molecule has 22 heavy (non-hydrogen) atoms. The third kappa shape index (κ3) is 3.49. The van der Waals surface area contributed by atoms with E-state index in [0.717, 1.165) is 0 Å². The molecule has 0 spiro atoms. The molecule has 0 aromatic heterocycles. The number of carbonyl (C=O) groups is 1. The van der Waals surface area contributed by atoms with E-state index in [1.54, 1.807) is 6.07 Å². The van der Waals surface area contributed by atoms with Crippen molar-refractivity contribution < 1.29 is 17.9 Å². The number of esters is 1. The van der Waals surface area contributed by atoms with Crippen molar-refractivity contribution in [2.45, 2.75) is 4.90 Å². The molecule has 3 N–H and O–H groups in total. The topological polar surface area (TPSA) is 98.5 Å². The van der Waals surface area contributed by atoms with Gasteiger partial charge in [0, 0.05) is 5.69 Å². The standard InChI is InChI=1S/C14H13ClN2O4S/c1-21-14(18)9-3-2-4-10(7-9)17-22(19,20)11-5-6-12(15)13(16)8-11/h2-8,17H,16H2,1H3. The normalized spacial score (nSPS) is 11.0. The number of hydrogen-bond acceptors (Lipinski definition) is 5. The maximum atomic E-state index is 12.3. The number of halogens is 1. The molecular weight excluding hydrogens is 328 g/mol. The summed E-state index contributed by atoms with van der Waals surface area (Å²) in [4.78, 5) is 11.4. The number of nitrogens with one attached hydrogen (secondary N) is 1. The highest BCUT2D eigenvalue weighted by Gasteiger charge is 2.16. The van der Waals surface area contributed by atoms with Gasteiger partial charge >= 0.3 is 5.97 Å². The van der Waals surface area contributed by atoms with Gasteiger partial charge in [-0.25, -0.2) is 13.2 Å². The first-order valence-corrected chi connectivity index (χ1v) is 7.96. The molecule has 0 atom stereocenters. The fraction of sp³-hybridized carbons (Fsp3) is 0.0714. The van der Waals surface area contributed by atoms with E-state index >= 15 is 0 Å². The molecule has 0 aliphatic heterocycles. The molecule has 2 aromatic rings. The van der Waals surface area contributed by atoms with Gasteiger partial charge in [0.05, 0.1) is 28.3 Å². The van der Waals surface area contributed by atoms with Crippen molar-refractivity contribution in [2.24, 2.45) is 0 Å². The van der Waals surface area contributed by atoms with E-state index in [2.05, 4.69) is 9.46 Å². The average molecular weight is 341 g/mol. The molecule has 0 aliphatic carbocycles. The van der Waals surface area contributed by atoms with Gasteiger partial charge in [-0.05, 0) is 36.4 Å². The second-order valence-electron chi connectivity index (χ2n) is 4.36. The Bertz CT molecular complexity index is 821. The molecule has 6 nitrogen and oxygen atoms in total. The zero-order valence-electron chi connectivity index (χ0n) is 11.5. The van der Waals surface area contributed by atoms with Crippen LogP contribution < -0.4 is 10.5 Å². The number of nitrogens with two attached hydrogens (primary N) is 1. The van der Waals surface area contributed by atoms with Gasteiger partial charge in [0.1, 0.15) is 0 Å². The Hall–Kier alpha value is -2.25. The largest absolute Gasteiger partial charge is 0.465 e. The van der Waals surface area contributed by atoms with Crippen molar-refractivity contribution in [3.05, 3.63) is 53.1 Å². The van der Waals surface area contributed by atoms with Crippen molar-refractivity contribution in [3.63, 3.8) is 0 Å². The van der Waals surface area contributed by atoms with Crippen molar-refractivity contribution in [2.75, 3.05) is 17.6 Å². The first-order valence-electron chi connectivity index (χ1n) is 6.10. The zero-order valence-corrected chi connectivity index (χ0v) is 13.1. The van der Waals surface area contributed by atoms with Gasteiger partial charge in [0.2, 0.25) is 0 Å². The smallest absolute Gasteiger partial charge is 0.337 e. The number of ether oxygens (including phenoxy) is 1. The summed E-state index contributed by atoms with van der Waals surface area (Å²) < 4.78 is 31.5. The van der Waals surface area contributed by atoms with Gasteiger partial charge < -0.3 is 10.5 Å². The Labute approximate surface area is 132 Å². The Balaban J connectivity index is 2.32. The number of rotatable bonds is 4. The van der Waals surface area contributed by atoms with E-state index in [0.29, 0.717) is 0 Å². The lowest BCUT2D eigenvalue weighted by Crippen LogP contribution is -2.14. The van der Waals surface area contributed by atoms with Crippen LogP contribution in [0.1, 0.15) is 10.4 Å². The average Bonchev–Trinajstić information content (AvgIpc) is 2.49. The highest BCUT2D eigenvalue weighted by Crippen LogP contribution is 2.24. The van der Waals surface area contributed by atoms with Crippen molar-refractivity contribution in [3.8, 4) is 0 Å². The first-order chi connectivity index (χ1) is 10.3. The van der Waals surface area contributed by atoms with Gasteiger partial charge in [0.15, 0.2) is 0 Å². The SMILES string of the molecule is COC(=O)c1cccc(NS(=O)(=O)c2ccc(Cl)c(N)c2)c1. The Morgan fingerprint density at radius 1 is 1.23 bits per heavy atom. The summed E-state index contributed by atoms with van der Waals surface area (Å²) in [6, 6.07) is 9.95. The van der Waals surface area contributed by atoms with Gasteiger partial charge in [-0.2, -0.15) is 0 Å². The second kappa shape index (κ2) is 6.25. The molecular formula is C14H13ClN2O4S. The minimum Gasteiger partial charge on any atom is -0.465 e. The maximum Gasteiger partial charge on any atom is 0.337 e. The Morgan fingerprint density at radius 2 is 1.95 bits per heavy atom. The van der Waals surface area contributed by atoms with Crippen molar-refractivity contribution >= 4 is 39.0 Å².